The van der Waals surface area contributed by atoms with Crippen molar-refractivity contribution in [2.75, 3.05) is 16.8 Å². The van der Waals surface area contributed by atoms with Crippen LogP contribution in [-0.2, 0) is 9.59 Å². The predicted molar refractivity (Wildman–Crippen MR) is 119 cm³/mol. The maximum Gasteiger partial charge on any atom is 0.409 e. The first-order valence-electron chi connectivity index (χ1n) is 10.3. The van der Waals surface area contributed by atoms with E-state index >= 15 is 0 Å². The number of carbonyl (C=O) groups excluding carboxylic acids is 3. The van der Waals surface area contributed by atoms with Crippen molar-refractivity contribution in [1.29, 1.82) is 0 Å². The Hall–Kier alpha value is -4.14. The molecule has 1 unspecified atom stereocenters. The van der Waals surface area contributed by atoms with Crippen LogP contribution in [0.3, 0.4) is 0 Å². The number of amides is 2. The van der Waals surface area contributed by atoms with Crippen LogP contribution in [0.5, 0.6) is 5.75 Å². The van der Waals surface area contributed by atoms with Crippen LogP contribution in [0.1, 0.15) is 22.3 Å². The molecule has 0 saturated carbocycles. The van der Waals surface area contributed by atoms with Crippen LogP contribution in [0.25, 0.3) is 0 Å². The number of benzene rings is 3. The molecule has 0 spiro atoms. The maximum atomic E-state index is 13.8. The Labute approximate surface area is 192 Å². The lowest BCUT2D eigenvalue weighted by Crippen LogP contribution is -2.51. The number of hydrogen-bond acceptors (Lipinski definition) is 4. The van der Waals surface area contributed by atoms with Crippen LogP contribution >= 0.6 is 0 Å². The summed E-state index contributed by atoms with van der Waals surface area (Å²) in [5.74, 6) is -1.80. The van der Waals surface area contributed by atoms with Gasteiger partial charge in [-0.05, 0) is 36.4 Å². The van der Waals surface area contributed by atoms with Crippen LogP contribution in [0, 0.1) is 0 Å². The Bertz CT molecular complexity index is 1210. The van der Waals surface area contributed by atoms with Gasteiger partial charge in [-0.1, -0.05) is 42.5 Å². The average Bonchev–Trinajstić information content (AvgIpc) is 2.98. The minimum Gasteiger partial charge on any atom is -0.484 e. The zero-order valence-electron chi connectivity index (χ0n) is 17.7. The van der Waals surface area contributed by atoms with Crippen LogP contribution in [0.15, 0.2) is 78.9 Å². The van der Waals surface area contributed by atoms with Gasteiger partial charge in [0, 0.05) is 11.1 Å². The highest BCUT2D eigenvalue weighted by molar-refractivity contribution is 6.09. The molecule has 1 aliphatic heterocycles. The molecule has 0 fully saturated rings. The van der Waals surface area contributed by atoms with E-state index in [1.807, 2.05) is 0 Å². The number of alkyl halides is 3. The molecular weight excluding hydrogens is 449 g/mol. The number of halogens is 3. The molecule has 0 saturated heterocycles. The van der Waals surface area contributed by atoms with E-state index in [0.717, 1.165) is 0 Å². The topological polar surface area (TPSA) is 75.7 Å². The summed E-state index contributed by atoms with van der Waals surface area (Å²) in [6.07, 6.45) is -5.76. The number of ether oxygens (including phenoxy) is 1. The molecule has 1 atom stereocenters. The first-order chi connectivity index (χ1) is 16.2. The summed E-state index contributed by atoms with van der Waals surface area (Å²) in [5, 5.41) is 2.41. The largest absolute Gasteiger partial charge is 0.484 e. The number of nitrogens with zero attached hydrogens (tertiary/aromatic N) is 1. The highest BCUT2D eigenvalue weighted by atomic mass is 19.4. The van der Waals surface area contributed by atoms with Crippen molar-refractivity contribution < 1.29 is 32.3 Å². The molecule has 3 aromatic rings. The van der Waals surface area contributed by atoms with Crippen molar-refractivity contribution >= 4 is 29.0 Å². The Morgan fingerprint density at radius 2 is 1.53 bits per heavy atom. The average molecular weight is 468 g/mol. The SMILES string of the molecule is O=C1CC(C(F)(F)F)N(C(=O)COc2ccc(C(=O)c3ccccc3)cc2)c2ccccc2N1. The van der Waals surface area contributed by atoms with Crippen molar-refractivity contribution in [2.24, 2.45) is 0 Å². The van der Waals surface area contributed by atoms with E-state index in [4.69, 9.17) is 4.74 Å². The van der Waals surface area contributed by atoms with Gasteiger partial charge in [0.1, 0.15) is 11.8 Å². The lowest BCUT2D eigenvalue weighted by atomic mass is 10.0. The van der Waals surface area contributed by atoms with Crippen LogP contribution < -0.4 is 15.0 Å². The van der Waals surface area contributed by atoms with Gasteiger partial charge >= 0.3 is 6.18 Å². The van der Waals surface area contributed by atoms with Gasteiger partial charge in [-0.2, -0.15) is 13.2 Å². The third kappa shape index (κ3) is 4.93. The molecule has 6 nitrogen and oxygen atoms in total. The van der Waals surface area contributed by atoms with E-state index in [0.29, 0.717) is 16.0 Å². The summed E-state index contributed by atoms with van der Waals surface area (Å²) in [6.45, 7) is -0.693. The number of para-hydroxylation sites is 2. The van der Waals surface area contributed by atoms with E-state index in [-0.39, 0.29) is 22.9 Å². The first-order valence-corrected chi connectivity index (χ1v) is 10.3. The third-order valence-corrected chi connectivity index (χ3v) is 5.29. The lowest BCUT2D eigenvalue weighted by Gasteiger charge is -2.31. The Kier molecular flexibility index (Phi) is 6.36. The number of ketones is 1. The number of nitrogens with one attached hydrogen (secondary N) is 1. The molecule has 34 heavy (non-hydrogen) atoms. The zero-order chi connectivity index (χ0) is 24.3. The van der Waals surface area contributed by atoms with Gasteiger partial charge in [-0.25, -0.2) is 0 Å². The third-order valence-electron chi connectivity index (χ3n) is 5.29. The standard InChI is InChI=1S/C25H19F3N2O4/c26-25(27,28)21-14-22(31)29-19-8-4-5-9-20(19)30(21)23(32)15-34-18-12-10-17(11-13-18)24(33)16-6-2-1-3-7-16/h1-13,21H,14-15H2,(H,29,31). The van der Waals surface area contributed by atoms with Crippen molar-refractivity contribution in [1.82, 2.24) is 0 Å². The van der Waals surface area contributed by atoms with Gasteiger partial charge in [-0.3, -0.25) is 19.3 Å². The molecule has 1 heterocycles. The zero-order valence-corrected chi connectivity index (χ0v) is 17.7. The number of fused-ring (bicyclic) bond motifs is 1. The second kappa shape index (κ2) is 9.38. The summed E-state index contributed by atoms with van der Waals surface area (Å²) in [7, 11) is 0. The van der Waals surface area contributed by atoms with Gasteiger partial charge < -0.3 is 10.1 Å². The van der Waals surface area contributed by atoms with E-state index < -0.39 is 37.1 Å². The Morgan fingerprint density at radius 3 is 2.21 bits per heavy atom. The quantitative estimate of drug-likeness (QED) is 0.556. The molecule has 174 valence electrons. The second-order valence-corrected chi connectivity index (χ2v) is 7.60. The summed E-state index contributed by atoms with van der Waals surface area (Å²) in [6, 6.07) is 18.1. The van der Waals surface area contributed by atoms with Gasteiger partial charge in [-0.15, -0.1) is 0 Å². The van der Waals surface area contributed by atoms with Crippen LogP contribution in [0.2, 0.25) is 0 Å². The highest BCUT2D eigenvalue weighted by Gasteiger charge is 2.49. The van der Waals surface area contributed by atoms with E-state index in [2.05, 4.69) is 5.32 Å². The van der Waals surface area contributed by atoms with E-state index in [1.54, 1.807) is 36.4 Å². The molecule has 0 bridgehead atoms. The molecule has 9 heteroatoms. The Morgan fingerprint density at radius 1 is 0.912 bits per heavy atom. The summed E-state index contributed by atoms with van der Waals surface area (Å²) < 4.78 is 46.8. The summed E-state index contributed by atoms with van der Waals surface area (Å²) in [5.41, 5.74) is 0.949. The molecule has 2 amide bonds. The van der Waals surface area contributed by atoms with Crippen LogP contribution in [-0.4, -0.2) is 36.4 Å². The molecule has 4 rings (SSSR count). The second-order valence-electron chi connectivity index (χ2n) is 7.60. The van der Waals surface area contributed by atoms with Crippen molar-refractivity contribution in [3.63, 3.8) is 0 Å². The first kappa shape index (κ1) is 23.0. The van der Waals surface area contributed by atoms with Crippen molar-refractivity contribution in [3.05, 3.63) is 90.0 Å². The fraction of sp³-hybridized carbons (Fsp3) is 0.160. The normalized spacial score (nSPS) is 15.7. The molecule has 1 N–H and O–H groups in total. The van der Waals surface area contributed by atoms with E-state index in [1.165, 1.54) is 42.5 Å². The molecule has 3 aromatic carbocycles. The monoisotopic (exact) mass is 468 g/mol. The van der Waals surface area contributed by atoms with Gasteiger partial charge in [0.25, 0.3) is 5.91 Å². The molecular formula is C25H19F3N2O4. The van der Waals surface area contributed by atoms with Crippen LogP contribution in [0.4, 0.5) is 24.5 Å². The number of hydrogen-bond donors (Lipinski definition) is 1. The molecule has 0 aromatic heterocycles. The number of carbonyl (C=O) groups is 3. The summed E-state index contributed by atoms with van der Waals surface area (Å²) >= 11 is 0. The number of anilines is 2. The van der Waals surface area contributed by atoms with Gasteiger partial charge in [0.2, 0.25) is 5.91 Å². The fourth-order valence-corrected chi connectivity index (χ4v) is 3.67. The lowest BCUT2D eigenvalue weighted by molar-refractivity contribution is -0.158. The van der Waals surface area contributed by atoms with E-state index in [9.17, 15) is 27.6 Å². The molecule has 1 aliphatic rings. The van der Waals surface area contributed by atoms with Gasteiger partial charge in [0.15, 0.2) is 12.4 Å². The van der Waals surface area contributed by atoms with Gasteiger partial charge in [0.05, 0.1) is 17.8 Å². The summed E-state index contributed by atoms with van der Waals surface area (Å²) in [4.78, 5) is 38.0. The van der Waals surface area contributed by atoms with Crippen molar-refractivity contribution in [2.45, 2.75) is 18.6 Å². The highest BCUT2D eigenvalue weighted by Crippen LogP contribution is 2.37. The maximum absolute atomic E-state index is 13.8. The number of rotatable bonds is 5. The minimum atomic E-state index is -4.83. The molecule has 0 radical (unpaired) electrons. The van der Waals surface area contributed by atoms with Crippen molar-refractivity contribution in [3.8, 4) is 5.75 Å². The minimum absolute atomic E-state index is 0.0620. The molecule has 0 aliphatic carbocycles. The smallest absolute Gasteiger partial charge is 0.409 e. The predicted octanol–water partition coefficient (Wildman–Crippen LogP) is 4.60. The Balaban J connectivity index is 1.52. The fourth-order valence-electron chi connectivity index (χ4n) is 3.67.